The van der Waals surface area contributed by atoms with Crippen LogP contribution in [0.25, 0.3) is 0 Å². The first-order valence-electron chi connectivity index (χ1n) is 11.0. The van der Waals surface area contributed by atoms with Crippen LogP contribution < -0.4 is 4.74 Å². The molecule has 1 amide bonds. The molecule has 2 aliphatic heterocycles. The van der Waals surface area contributed by atoms with Gasteiger partial charge < -0.3 is 14.4 Å². The fourth-order valence-electron chi connectivity index (χ4n) is 4.70. The van der Waals surface area contributed by atoms with Crippen LogP contribution in [0.3, 0.4) is 0 Å². The van der Waals surface area contributed by atoms with Crippen molar-refractivity contribution in [2.45, 2.75) is 50.7 Å². The van der Waals surface area contributed by atoms with Crippen molar-refractivity contribution < 1.29 is 31.8 Å². The topological polar surface area (TPSA) is 42.0 Å². The summed E-state index contributed by atoms with van der Waals surface area (Å²) < 4.78 is 60.6. The number of hydrogen-bond acceptors (Lipinski definition) is 4. The first-order valence-corrected chi connectivity index (χ1v) is 11.0. The molecule has 33 heavy (non-hydrogen) atoms. The zero-order valence-corrected chi connectivity index (χ0v) is 18.3. The predicted octanol–water partition coefficient (Wildman–Crippen LogP) is 5.14. The third kappa shape index (κ3) is 5.40. The van der Waals surface area contributed by atoms with E-state index in [1.807, 2.05) is 0 Å². The van der Waals surface area contributed by atoms with Crippen molar-refractivity contribution in [3.63, 3.8) is 0 Å². The molecule has 2 aromatic rings. The van der Waals surface area contributed by atoms with Gasteiger partial charge in [-0.2, -0.15) is 0 Å². The van der Waals surface area contributed by atoms with Crippen molar-refractivity contribution in [2.24, 2.45) is 0 Å². The van der Waals surface area contributed by atoms with Crippen molar-refractivity contribution in [1.82, 2.24) is 9.80 Å². The van der Waals surface area contributed by atoms with E-state index in [1.54, 1.807) is 17.0 Å². The van der Waals surface area contributed by atoms with Crippen molar-refractivity contribution >= 4 is 6.09 Å². The highest BCUT2D eigenvalue weighted by Crippen LogP contribution is 2.41. The average molecular weight is 466 g/mol. The summed E-state index contributed by atoms with van der Waals surface area (Å²) >= 11 is 0. The highest BCUT2D eigenvalue weighted by atomic mass is 19.4. The van der Waals surface area contributed by atoms with Crippen LogP contribution in [-0.4, -0.2) is 53.5 Å². The largest absolute Gasteiger partial charge is 0.573 e. The Hall–Kier alpha value is -2.81. The lowest BCUT2D eigenvalue weighted by Crippen LogP contribution is -2.53. The van der Waals surface area contributed by atoms with E-state index in [0.717, 1.165) is 25.2 Å². The highest BCUT2D eigenvalue weighted by molar-refractivity contribution is 5.72. The second-order valence-corrected chi connectivity index (χ2v) is 8.53. The zero-order valence-electron chi connectivity index (χ0n) is 18.3. The summed E-state index contributed by atoms with van der Waals surface area (Å²) in [4.78, 5) is 16.9. The van der Waals surface area contributed by atoms with Gasteiger partial charge in [0.05, 0.1) is 6.04 Å². The number of benzene rings is 2. The molecule has 0 radical (unpaired) electrons. The Bertz CT molecular complexity index is 955. The van der Waals surface area contributed by atoms with Gasteiger partial charge in [0.2, 0.25) is 0 Å². The molecule has 4 rings (SSSR count). The average Bonchev–Trinajstić information content (AvgIpc) is 3.01. The van der Waals surface area contributed by atoms with Crippen LogP contribution in [0.4, 0.5) is 22.4 Å². The van der Waals surface area contributed by atoms with Crippen LogP contribution in [-0.2, 0) is 17.7 Å². The Kier molecular flexibility index (Phi) is 6.52. The first kappa shape index (κ1) is 23.4. The second kappa shape index (κ2) is 9.21. The van der Waals surface area contributed by atoms with E-state index in [1.165, 1.54) is 36.4 Å². The van der Waals surface area contributed by atoms with Gasteiger partial charge in [-0.05, 0) is 48.4 Å². The smallest absolute Gasteiger partial charge is 0.440 e. The molecule has 1 spiro atoms. The number of alkyl halides is 3. The molecule has 2 saturated heterocycles. The predicted molar refractivity (Wildman–Crippen MR) is 113 cm³/mol. The molecular weight excluding hydrogens is 440 g/mol. The van der Waals surface area contributed by atoms with Crippen LogP contribution in [0, 0.1) is 5.82 Å². The van der Waals surface area contributed by atoms with E-state index in [2.05, 4.69) is 16.6 Å². The van der Waals surface area contributed by atoms with Crippen LogP contribution >= 0.6 is 0 Å². The number of ether oxygens (including phenoxy) is 2. The molecular formula is C24H26F4N2O3. The maximum Gasteiger partial charge on any atom is 0.573 e. The summed E-state index contributed by atoms with van der Waals surface area (Å²) in [7, 11) is 0. The first-order chi connectivity index (χ1) is 15.7. The lowest BCUT2D eigenvalue weighted by atomic mass is 9.81. The third-order valence-corrected chi connectivity index (χ3v) is 6.51. The van der Waals surface area contributed by atoms with E-state index in [0.29, 0.717) is 24.8 Å². The Balaban J connectivity index is 1.56. The van der Waals surface area contributed by atoms with Crippen LogP contribution in [0.1, 0.15) is 30.9 Å². The van der Waals surface area contributed by atoms with Gasteiger partial charge in [-0.25, -0.2) is 9.18 Å². The highest BCUT2D eigenvalue weighted by Gasteiger charge is 2.54. The van der Waals surface area contributed by atoms with Gasteiger partial charge in [0.25, 0.3) is 0 Å². The normalized spacial score (nSPS) is 20.8. The molecule has 9 heteroatoms. The summed E-state index contributed by atoms with van der Waals surface area (Å²) in [6.07, 6.45) is -3.34. The molecule has 5 nitrogen and oxygen atoms in total. The number of carbonyl (C=O) groups excluding carboxylic acids is 1. The molecule has 2 aromatic carbocycles. The maximum atomic E-state index is 13.4. The lowest BCUT2D eigenvalue weighted by molar-refractivity contribution is -0.274. The Labute approximate surface area is 189 Å². The van der Waals surface area contributed by atoms with Crippen molar-refractivity contribution in [2.75, 3.05) is 19.6 Å². The Morgan fingerprint density at radius 2 is 1.64 bits per heavy atom. The Morgan fingerprint density at radius 3 is 2.21 bits per heavy atom. The van der Waals surface area contributed by atoms with E-state index in [9.17, 15) is 22.4 Å². The van der Waals surface area contributed by atoms with E-state index in [4.69, 9.17) is 4.74 Å². The van der Waals surface area contributed by atoms with Crippen molar-refractivity contribution in [1.29, 1.82) is 0 Å². The number of carbonyl (C=O) groups is 1. The number of amides is 1. The fraction of sp³-hybridized carbons (Fsp3) is 0.458. The van der Waals surface area contributed by atoms with Gasteiger partial charge in [-0.15, -0.1) is 13.2 Å². The van der Waals surface area contributed by atoms with Gasteiger partial charge in [-0.1, -0.05) is 31.2 Å². The number of piperidine rings is 1. The molecule has 1 atom stereocenters. The summed E-state index contributed by atoms with van der Waals surface area (Å²) in [6, 6.07) is 11.4. The van der Waals surface area contributed by atoms with Gasteiger partial charge in [0, 0.05) is 32.5 Å². The molecule has 0 aliphatic carbocycles. The number of rotatable bonds is 6. The number of hydrogen-bond donors (Lipinski definition) is 0. The van der Waals surface area contributed by atoms with E-state index < -0.39 is 18.1 Å². The summed E-state index contributed by atoms with van der Waals surface area (Å²) in [5, 5.41) is 0. The number of halogens is 4. The zero-order chi connectivity index (χ0) is 23.6. The minimum atomic E-state index is -4.76. The van der Waals surface area contributed by atoms with Gasteiger partial charge in [0.1, 0.15) is 17.2 Å². The quantitative estimate of drug-likeness (QED) is 0.553. The number of likely N-dealkylation sites (tertiary alicyclic amines) is 1. The second-order valence-electron chi connectivity index (χ2n) is 8.53. The monoisotopic (exact) mass is 466 g/mol. The summed E-state index contributed by atoms with van der Waals surface area (Å²) in [6.45, 7) is 4.81. The molecule has 2 fully saturated rings. The van der Waals surface area contributed by atoms with Crippen LogP contribution in [0.2, 0.25) is 0 Å². The molecule has 2 aliphatic rings. The standard InChI is InChI=1S/C24H26F4N2O3/c1-2-29-13-11-23(12-14-29)21(15-17-3-7-19(25)8-4-17)30(22(31)33-23)16-18-5-9-20(10-6-18)32-24(26,27)28/h3-10,21H,2,11-16H2,1H3. The molecule has 2 heterocycles. The van der Waals surface area contributed by atoms with Crippen molar-refractivity contribution in [3.05, 3.63) is 65.5 Å². The SMILES string of the molecule is CCN1CCC2(CC1)OC(=O)N(Cc1ccc(OC(F)(F)F)cc1)C2Cc1ccc(F)cc1. The maximum absolute atomic E-state index is 13.4. The van der Waals surface area contributed by atoms with Gasteiger partial charge in [-0.3, -0.25) is 4.90 Å². The van der Waals surface area contributed by atoms with Gasteiger partial charge in [0.15, 0.2) is 0 Å². The molecule has 0 bridgehead atoms. The summed E-state index contributed by atoms with van der Waals surface area (Å²) in [5.74, 6) is -0.650. The molecule has 1 unspecified atom stereocenters. The minimum absolute atomic E-state index is 0.191. The molecule has 0 N–H and O–H groups in total. The van der Waals surface area contributed by atoms with Crippen LogP contribution in [0.5, 0.6) is 5.75 Å². The van der Waals surface area contributed by atoms with Gasteiger partial charge >= 0.3 is 12.5 Å². The van der Waals surface area contributed by atoms with Crippen molar-refractivity contribution in [3.8, 4) is 5.75 Å². The lowest BCUT2D eigenvalue weighted by Gasteiger charge is -2.41. The minimum Gasteiger partial charge on any atom is -0.440 e. The summed E-state index contributed by atoms with van der Waals surface area (Å²) in [5.41, 5.74) is 0.890. The van der Waals surface area contributed by atoms with E-state index in [-0.39, 0.29) is 24.2 Å². The molecule has 178 valence electrons. The third-order valence-electron chi connectivity index (χ3n) is 6.51. The number of nitrogens with zero attached hydrogens (tertiary/aromatic N) is 2. The van der Waals surface area contributed by atoms with E-state index >= 15 is 0 Å². The molecule has 0 aromatic heterocycles. The Morgan fingerprint density at radius 1 is 1.03 bits per heavy atom. The molecule has 0 saturated carbocycles. The fourth-order valence-corrected chi connectivity index (χ4v) is 4.70. The van der Waals surface area contributed by atoms with Crippen LogP contribution in [0.15, 0.2) is 48.5 Å².